The van der Waals surface area contributed by atoms with E-state index in [2.05, 4.69) is 57.8 Å². The Morgan fingerprint density at radius 1 is 1.20 bits per heavy atom. The summed E-state index contributed by atoms with van der Waals surface area (Å²) in [4.78, 5) is 12.0. The van der Waals surface area contributed by atoms with Gasteiger partial charge in [0.25, 0.3) is 0 Å². The molecule has 1 aliphatic rings. The fourth-order valence-corrected chi connectivity index (χ4v) is 4.46. The zero-order valence-corrected chi connectivity index (χ0v) is 14.2. The number of carbonyl (C=O) groups is 1. The maximum Gasteiger partial charge on any atom is 0.312 e. The molecular formula is C16H24O3Si. The second kappa shape index (κ2) is 5.01. The molecule has 1 aromatic rings. The Hall–Kier alpha value is -1.13. The zero-order valence-electron chi connectivity index (χ0n) is 13.2. The van der Waals surface area contributed by atoms with Crippen molar-refractivity contribution in [1.29, 1.82) is 0 Å². The molecule has 1 saturated carbocycles. The third-order valence-electron chi connectivity index (χ3n) is 3.96. The molecule has 1 aromatic carbocycles. The summed E-state index contributed by atoms with van der Waals surface area (Å²) in [6.45, 7) is 10.6. The van der Waals surface area contributed by atoms with Crippen LogP contribution in [0.3, 0.4) is 0 Å². The fraction of sp³-hybridized carbons (Fsp3) is 0.562. The van der Waals surface area contributed by atoms with Gasteiger partial charge >= 0.3 is 5.97 Å². The molecule has 0 N–H and O–H groups in total. The van der Waals surface area contributed by atoms with Gasteiger partial charge in [-0.15, -0.1) is 0 Å². The molecule has 20 heavy (non-hydrogen) atoms. The number of ether oxygens (including phenoxy) is 1. The summed E-state index contributed by atoms with van der Waals surface area (Å²) in [5.74, 6) is -0.206. The van der Waals surface area contributed by atoms with Gasteiger partial charge in [0.1, 0.15) is 0 Å². The molecule has 0 heterocycles. The molecule has 4 heteroatoms. The van der Waals surface area contributed by atoms with Crippen molar-refractivity contribution in [3.63, 3.8) is 0 Å². The summed E-state index contributed by atoms with van der Waals surface area (Å²) in [6, 6.07) is 8.30. The summed E-state index contributed by atoms with van der Waals surface area (Å²) >= 11 is 0. The Labute approximate surface area is 122 Å². The van der Waals surface area contributed by atoms with E-state index in [1.807, 2.05) is 0 Å². The summed E-state index contributed by atoms with van der Waals surface area (Å²) < 4.78 is 11.4. The van der Waals surface area contributed by atoms with Crippen LogP contribution in [-0.2, 0) is 19.6 Å². The highest BCUT2D eigenvalue weighted by Crippen LogP contribution is 2.62. The van der Waals surface area contributed by atoms with E-state index in [0.29, 0.717) is 0 Å². The predicted octanol–water partition coefficient (Wildman–Crippen LogP) is 3.48. The number of esters is 1. The van der Waals surface area contributed by atoms with Gasteiger partial charge in [-0.05, 0) is 32.1 Å². The van der Waals surface area contributed by atoms with Gasteiger partial charge in [0.2, 0.25) is 0 Å². The first-order chi connectivity index (χ1) is 9.22. The highest BCUT2D eigenvalue weighted by Gasteiger charge is 2.69. The molecule has 0 amide bonds. The van der Waals surface area contributed by atoms with Crippen LogP contribution in [0.25, 0.3) is 0 Å². The zero-order chi connectivity index (χ0) is 15.1. The van der Waals surface area contributed by atoms with Crippen molar-refractivity contribution in [2.24, 2.45) is 11.8 Å². The average molecular weight is 292 g/mol. The van der Waals surface area contributed by atoms with E-state index in [-0.39, 0.29) is 17.8 Å². The van der Waals surface area contributed by atoms with E-state index in [4.69, 9.17) is 9.16 Å². The molecule has 0 spiro atoms. The van der Waals surface area contributed by atoms with Gasteiger partial charge in [-0.1, -0.05) is 36.8 Å². The molecule has 0 radical (unpaired) electrons. The van der Waals surface area contributed by atoms with Crippen molar-refractivity contribution < 1.29 is 14.0 Å². The van der Waals surface area contributed by atoms with E-state index < -0.39 is 13.9 Å². The fourth-order valence-electron chi connectivity index (χ4n) is 3.02. The number of methoxy groups -OCH3 is 1. The molecule has 2 rings (SSSR count). The molecule has 3 atom stereocenters. The van der Waals surface area contributed by atoms with Crippen LogP contribution in [0.15, 0.2) is 24.3 Å². The summed E-state index contributed by atoms with van der Waals surface area (Å²) in [5, 5.41) is 0. The number of hydrogen-bond acceptors (Lipinski definition) is 3. The number of hydrogen-bond donors (Lipinski definition) is 0. The Morgan fingerprint density at radius 2 is 1.75 bits per heavy atom. The average Bonchev–Trinajstić information content (AvgIpc) is 2.92. The topological polar surface area (TPSA) is 35.5 Å². The van der Waals surface area contributed by atoms with Crippen LogP contribution in [0.5, 0.6) is 0 Å². The SMILES string of the molecule is COC(=O)[C@@H]1[C@@H](C)[C@@]1(O[Si](C)(C)C)c1ccc(C)cc1. The van der Waals surface area contributed by atoms with Crippen molar-refractivity contribution in [1.82, 2.24) is 0 Å². The lowest BCUT2D eigenvalue weighted by Crippen LogP contribution is -2.35. The first-order valence-corrected chi connectivity index (χ1v) is 10.5. The molecule has 0 aliphatic heterocycles. The van der Waals surface area contributed by atoms with E-state index in [1.54, 1.807) is 0 Å². The van der Waals surface area contributed by atoms with Gasteiger partial charge in [-0.3, -0.25) is 4.79 Å². The molecule has 110 valence electrons. The van der Waals surface area contributed by atoms with E-state index in [1.165, 1.54) is 12.7 Å². The van der Waals surface area contributed by atoms with Crippen LogP contribution < -0.4 is 0 Å². The quantitative estimate of drug-likeness (QED) is 0.629. The van der Waals surface area contributed by atoms with Crippen molar-refractivity contribution in [3.8, 4) is 0 Å². The van der Waals surface area contributed by atoms with Gasteiger partial charge in [0, 0.05) is 5.92 Å². The minimum atomic E-state index is -1.78. The lowest BCUT2D eigenvalue weighted by Gasteiger charge is -2.28. The monoisotopic (exact) mass is 292 g/mol. The minimum absolute atomic E-state index is 0.157. The van der Waals surface area contributed by atoms with Crippen LogP contribution in [0.4, 0.5) is 0 Å². The molecular weight excluding hydrogens is 268 g/mol. The van der Waals surface area contributed by atoms with Crippen molar-refractivity contribution in [3.05, 3.63) is 35.4 Å². The number of benzene rings is 1. The highest BCUT2D eigenvalue weighted by molar-refractivity contribution is 6.69. The van der Waals surface area contributed by atoms with Gasteiger partial charge in [0.05, 0.1) is 18.6 Å². The van der Waals surface area contributed by atoms with Gasteiger partial charge < -0.3 is 9.16 Å². The van der Waals surface area contributed by atoms with Crippen LogP contribution >= 0.6 is 0 Å². The molecule has 0 unspecified atom stereocenters. The molecule has 0 saturated heterocycles. The standard InChI is InChI=1S/C16H24O3Si/c1-11-7-9-13(10-8-11)16(19-20(4,5)6)12(2)14(16)15(17)18-3/h7-10,12,14H,1-6H3/t12-,14+,16-/m1/s1. The minimum Gasteiger partial charge on any atom is -0.469 e. The van der Waals surface area contributed by atoms with E-state index in [0.717, 1.165) is 5.56 Å². The van der Waals surface area contributed by atoms with Crippen molar-refractivity contribution >= 4 is 14.3 Å². The first kappa shape index (κ1) is 15.3. The maximum atomic E-state index is 12.0. The summed E-state index contributed by atoms with van der Waals surface area (Å²) in [6.07, 6.45) is 0. The third kappa shape index (κ3) is 2.54. The molecule has 0 aromatic heterocycles. The van der Waals surface area contributed by atoms with Gasteiger partial charge in [-0.25, -0.2) is 0 Å². The third-order valence-corrected chi connectivity index (χ3v) is 4.91. The lowest BCUT2D eigenvalue weighted by atomic mass is 10.0. The molecule has 1 aliphatic carbocycles. The van der Waals surface area contributed by atoms with Crippen molar-refractivity contribution in [2.75, 3.05) is 7.11 Å². The van der Waals surface area contributed by atoms with Crippen LogP contribution in [0.1, 0.15) is 18.1 Å². The largest absolute Gasteiger partial charge is 0.469 e. The molecule has 0 bridgehead atoms. The Morgan fingerprint density at radius 3 is 2.20 bits per heavy atom. The van der Waals surface area contributed by atoms with Crippen LogP contribution in [0, 0.1) is 18.8 Å². The first-order valence-electron chi connectivity index (χ1n) is 7.07. The van der Waals surface area contributed by atoms with E-state index in [9.17, 15) is 4.79 Å². The summed E-state index contributed by atoms with van der Waals surface area (Å²) in [7, 11) is -0.330. The van der Waals surface area contributed by atoms with Crippen LogP contribution in [-0.4, -0.2) is 21.4 Å². The highest BCUT2D eigenvalue weighted by atomic mass is 28.4. The normalized spacial score (nSPS) is 29.1. The second-order valence-electron chi connectivity index (χ2n) is 6.66. The smallest absolute Gasteiger partial charge is 0.312 e. The van der Waals surface area contributed by atoms with E-state index >= 15 is 0 Å². The van der Waals surface area contributed by atoms with Gasteiger partial charge in [0.15, 0.2) is 8.32 Å². The Kier molecular flexibility index (Phi) is 3.82. The number of rotatable bonds is 4. The lowest BCUT2D eigenvalue weighted by molar-refractivity contribution is -0.144. The molecule has 1 fully saturated rings. The predicted molar refractivity (Wildman–Crippen MR) is 82.0 cm³/mol. The second-order valence-corrected chi connectivity index (χ2v) is 11.1. The van der Waals surface area contributed by atoms with Gasteiger partial charge in [-0.2, -0.15) is 0 Å². The maximum absolute atomic E-state index is 12.0. The van der Waals surface area contributed by atoms with Crippen LogP contribution in [0.2, 0.25) is 19.6 Å². The number of aryl methyl sites for hydroxylation is 1. The Bertz CT molecular complexity index is 503. The Balaban J connectivity index is 2.41. The summed E-state index contributed by atoms with van der Waals surface area (Å²) in [5.41, 5.74) is 1.80. The van der Waals surface area contributed by atoms with Crippen molar-refractivity contribution in [2.45, 2.75) is 39.1 Å². The molecule has 3 nitrogen and oxygen atoms in total. The number of carbonyl (C=O) groups excluding carboxylic acids is 1.